The summed E-state index contributed by atoms with van der Waals surface area (Å²) in [5.41, 5.74) is 1.79. The van der Waals surface area contributed by atoms with Crippen molar-refractivity contribution in [3.8, 4) is 0 Å². The largest absolute Gasteiger partial charge is 0.335 e. The Morgan fingerprint density at radius 3 is 2.60 bits per heavy atom. The zero-order valence-corrected chi connectivity index (χ0v) is 18.0. The third-order valence-electron chi connectivity index (χ3n) is 5.46. The number of likely N-dealkylation sites (tertiary alicyclic amines) is 1. The molecule has 4 rings (SSSR count). The van der Waals surface area contributed by atoms with Crippen molar-refractivity contribution < 1.29 is 9.59 Å². The van der Waals surface area contributed by atoms with E-state index in [-0.39, 0.29) is 23.8 Å². The van der Waals surface area contributed by atoms with E-state index in [1.54, 1.807) is 29.5 Å². The molecule has 2 heterocycles. The molecule has 6 heteroatoms. The second-order valence-corrected chi connectivity index (χ2v) is 8.97. The maximum atomic E-state index is 13.2. The summed E-state index contributed by atoms with van der Waals surface area (Å²) in [4.78, 5) is 29.0. The minimum Gasteiger partial charge on any atom is -0.335 e. The predicted octanol–water partition coefficient (Wildman–Crippen LogP) is 5.56. The van der Waals surface area contributed by atoms with Crippen LogP contribution in [0.1, 0.15) is 29.3 Å². The van der Waals surface area contributed by atoms with E-state index < -0.39 is 0 Å². The summed E-state index contributed by atoms with van der Waals surface area (Å²) in [6.45, 7) is 0.413. The lowest BCUT2D eigenvalue weighted by Crippen LogP contribution is -2.46. The third-order valence-corrected chi connectivity index (χ3v) is 6.57. The van der Waals surface area contributed by atoms with Gasteiger partial charge in [0, 0.05) is 22.1 Å². The van der Waals surface area contributed by atoms with Gasteiger partial charge in [0.05, 0.1) is 18.4 Å². The van der Waals surface area contributed by atoms with E-state index in [2.05, 4.69) is 17.4 Å². The van der Waals surface area contributed by atoms with Gasteiger partial charge in [-0.3, -0.25) is 9.59 Å². The van der Waals surface area contributed by atoms with Gasteiger partial charge in [0.1, 0.15) is 0 Å². The van der Waals surface area contributed by atoms with Gasteiger partial charge in [-0.15, -0.1) is 11.3 Å². The number of nitrogens with zero attached hydrogens (tertiary/aromatic N) is 1. The SMILES string of the molecule is O=C(Nc1cccc(Cl)c1)C1CCC(c2ccccc2)N(C(=O)Cc2cccs2)C1. The van der Waals surface area contributed by atoms with Gasteiger partial charge in [-0.05, 0) is 48.1 Å². The number of nitrogens with one attached hydrogen (secondary N) is 1. The molecule has 2 aromatic carbocycles. The summed E-state index contributed by atoms with van der Waals surface area (Å²) >= 11 is 7.61. The molecule has 0 aliphatic carbocycles. The lowest BCUT2D eigenvalue weighted by molar-refractivity contribution is -0.137. The molecular weight excluding hydrogens is 416 g/mol. The summed E-state index contributed by atoms with van der Waals surface area (Å²) in [5, 5.41) is 5.51. The summed E-state index contributed by atoms with van der Waals surface area (Å²) in [6.07, 6.45) is 1.85. The molecule has 30 heavy (non-hydrogen) atoms. The van der Waals surface area contributed by atoms with Crippen LogP contribution in [-0.2, 0) is 16.0 Å². The van der Waals surface area contributed by atoms with Gasteiger partial charge in [-0.2, -0.15) is 0 Å². The lowest BCUT2D eigenvalue weighted by atomic mass is 9.88. The van der Waals surface area contributed by atoms with Crippen LogP contribution < -0.4 is 5.32 Å². The number of hydrogen-bond donors (Lipinski definition) is 1. The van der Waals surface area contributed by atoms with E-state index in [1.807, 2.05) is 46.7 Å². The highest BCUT2D eigenvalue weighted by Gasteiger charge is 2.35. The van der Waals surface area contributed by atoms with Crippen molar-refractivity contribution in [2.45, 2.75) is 25.3 Å². The van der Waals surface area contributed by atoms with Crippen molar-refractivity contribution in [2.24, 2.45) is 5.92 Å². The molecule has 1 aromatic heterocycles. The van der Waals surface area contributed by atoms with Crippen LogP contribution in [0.2, 0.25) is 5.02 Å². The number of benzene rings is 2. The maximum absolute atomic E-state index is 13.2. The summed E-state index contributed by atoms with van der Waals surface area (Å²) in [5.74, 6) is -0.263. The molecule has 0 spiro atoms. The topological polar surface area (TPSA) is 49.4 Å². The van der Waals surface area contributed by atoms with E-state index in [0.29, 0.717) is 23.7 Å². The van der Waals surface area contributed by atoms with E-state index in [9.17, 15) is 9.59 Å². The molecule has 1 fully saturated rings. The van der Waals surface area contributed by atoms with Crippen molar-refractivity contribution in [1.82, 2.24) is 4.90 Å². The van der Waals surface area contributed by atoms with Gasteiger partial charge in [0.15, 0.2) is 0 Å². The average Bonchev–Trinajstić information content (AvgIpc) is 3.27. The quantitative estimate of drug-likeness (QED) is 0.566. The molecule has 0 saturated carbocycles. The fourth-order valence-electron chi connectivity index (χ4n) is 3.96. The number of rotatable bonds is 5. The first-order valence-corrected chi connectivity index (χ1v) is 11.3. The van der Waals surface area contributed by atoms with Crippen molar-refractivity contribution in [3.63, 3.8) is 0 Å². The van der Waals surface area contributed by atoms with Gasteiger partial charge in [-0.1, -0.05) is 54.1 Å². The number of carbonyl (C=O) groups is 2. The normalized spacial score (nSPS) is 18.8. The molecule has 154 valence electrons. The second-order valence-electron chi connectivity index (χ2n) is 7.50. The molecule has 2 amide bonds. The minimum atomic E-state index is -0.253. The maximum Gasteiger partial charge on any atom is 0.229 e. The van der Waals surface area contributed by atoms with E-state index >= 15 is 0 Å². The van der Waals surface area contributed by atoms with Gasteiger partial charge >= 0.3 is 0 Å². The van der Waals surface area contributed by atoms with E-state index in [1.165, 1.54) is 0 Å². The molecule has 0 radical (unpaired) electrons. The van der Waals surface area contributed by atoms with Crippen LogP contribution >= 0.6 is 22.9 Å². The fourth-order valence-corrected chi connectivity index (χ4v) is 4.84. The zero-order chi connectivity index (χ0) is 20.9. The molecule has 1 aliphatic heterocycles. The Kier molecular flexibility index (Phi) is 6.50. The van der Waals surface area contributed by atoms with Crippen LogP contribution in [0.5, 0.6) is 0 Å². The first-order chi connectivity index (χ1) is 14.6. The van der Waals surface area contributed by atoms with Crippen LogP contribution in [0.4, 0.5) is 5.69 Å². The first kappa shape index (κ1) is 20.6. The van der Waals surface area contributed by atoms with Crippen LogP contribution in [0.15, 0.2) is 72.1 Å². The molecule has 3 aromatic rings. The summed E-state index contributed by atoms with van der Waals surface area (Å²) < 4.78 is 0. The van der Waals surface area contributed by atoms with Crippen LogP contribution in [0.25, 0.3) is 0 Å². The number of piperidine rings is 1. The van der Waals surface area contributed by atoms with Gasteiger partial charge in [-0.25, -0.2) is 0 Å². The number of thiophene rings is 1. The monoisotopic (exact) mass is 438 g/mol. The Hall–Kier alpha value is -2.63. The first-order valence-electron chi connectivity index (χ1n) is 10.0. The van der Waals surface area contributed by atoms with Crippen LogP contribution in [0.3, 0.4) is 0 Å². The number of halogens is 1. The summed E-state index contributed by atoms with van der Waals surface area (Å²) in [7, 11) is 0. The van der Waals surface area contributed by atoms with Crippen molar-refractivity contribution in [1.29, 1.82) is 0 Å². The number of anilines is 1. The highest BCUT2D eigenvalue weighted by molar-refractivity contribution is 7.10. The Morgan fingerprint density at radius 1 is 1.03 bits per heavy atom. The van der Waals surface area contributed by atoms with E-state index in [4.69, 9.17) is 11.6 Å². The molecule has 1 N–H and O–H groups in total. The highest BCUT2D eigenvalue weighted by Crippen LogP contribution is 2.34. The van der Waals surface area contributed by atoms with Crippen molar-refractivity contribution in [3.05, 3.63) is 87.6 Å². The molecule has 4 nitrogen and oxygen atoms in total. The number of carbonyl (C=O) groups excluding carboxylic acids is 2. The number of hydrogen-bond acceptors (Lipinski definition) is 3. The third kappa shape index (κ3) is 4.91. The Morgan fingerprint density at radius 2 is 1.87 bits per heavy atom. The molecule has 1 saturated heterocycles. The molecule has 1 aliphatic rings. The molecular formula is C24H23ClN2O2S. The average molecular weight is 439 g/mol. The van der Waals surface area contributed by atoms with Gasteiger partial charge in [0.2, 0.25) is 11.8 Å². The second kappa shape index (κ2) is 9.45. The van der Waals surface area contributed by atoms with Crippen LogP contribution in [0, 0.1) is 5.92 Å². The molecule has 2 atom stereocenters. The van der Waals surface area contributed by atoms with Gasteiger partial charge in [0.25, 0.3) is 0 Å². The van der Waals surface area contributed by atoms with Crippen LogP contribution in [-0.4, -0.2) is 23.3 Å². The Balaban J connectivity index is 1.52. The lowest BCUT2D eigenvalue weighted by Gasteiger charge is -2.39. The smallest absolute Gasteiger partial charge is 0.229 e. The standard InChI is InChI=1S/C24H23ClN2O2S/c25-19-8-4-9-20(14-19)26-24(29)18-11-12-22(17-6-2-1-3-7-17)27(16-18)23(28)15-21-10-5-13-30-21/h1-10,13-14,18,22H,11-12,15-16H2,(H,26,29). The predicted molar refractivity (Wildman–Crippen MR) is 122 cm³/mol. The summed E-state index contributed by atoms with van der Waals surface area (Å²) in [6, 6.07) is 21.1. The highest BCUT2D eigenvalue weighted by atomic mass is 35.5. The Bertz CT molecular complexity index is 1010. The van der Waals surface area contributed by atoms with E-state index in [0.717, 1.165) is 23.3 Å². The molecule has 0 bridgehead atoms. The van der Waals surface area contributed by atoms with Crippen molar-refractivity contribution >= 4 is 40.4 Å². The molecule has 2 unspecified atom stereocenters. The fraction of sp³-hybridized carbons (Fsp3) is 0.250. The minimum absolute atomic E-state index is 0.00566. The number of amides is 2. The van der Waals surface area contributed by atoms with Gasteiger partial charge < -0.3 is 10.2 Å². The zero-order valence-electron chi connectivity index (χ0n) is 16.5. The van der Waals surface area contributed by atoms with Crippen molar-refractivity contribution in [2.75, 3.05) is 11.9 Å². The Labute approximate surface area is 185 Å².